The molecule has 1 unspecified atom stereocenters. The Morgan fingerprint density at radius 3 is 2.76 bits per heavy atom. The van der Waals surface area contributed by atoms with Gasteiger partial charge in [0.2, 0.25) is 0 Å². The van der Waals surface area contributed by atoms with E-state index >= 15 is 0 Å². The zero-order valence-corrected chi connectivity index (χ0v) is 9.38. The topological polar surface area (TPSA) is 108 Å². The second kappa shape index (κ2) is 6.02. The maximum atomic E-state index is 10.8. The summed E-state index contributed by atoms with van der Waals surface area (Å²) >= 11 is 0. The largest absolute Gasteiger partial charge is 0.394 e. The van der Waals surface area contributed by atoms with Gasteiger partial charge in [0.15, 0.2) is 0 Å². The molecule has 1 aromatic carbocycles. The highest BCUT2D eigenvalue weighted by Crippen LogP contribution is 2.27. The fraction of sp³-hybridized carbons (Fsp3) is 0.400. The first-order valence-corrected chi connectivity index (χ1v) is 5.07. The second-order valence-electron chi connectivity index (χ2n) is 3.46. The van der Waals surface area contributed by atoms with Crippen LogP contribution in [0.3, 0.4) is 0 Å². The minimum atomic E-state index is -0.891. The van der Waals surface area contributed by atoms with Gasteiger partial charge in [-0.05, 0) is 12.1 Å². The van der Waals surface area contributed by atoms with Crippen molar-refractivity contribution in [2.24, 2.45) is 0 Å². The maximum Gasteiger partial charge on any atom is 0.294 e. The highest BCUT2D eigenvalue weighted by atomic mass is 16.6. The molecule has 0 bridgehead atoms. The molecule has 0 aliphatic carbocycles. The average Bonchev–Trinajstić information content (AvgIpc) is 2.35. The average molecular weight is 241 g/mol. The van der Waals surface area contributed by atoms with Crippen molar-refractivity contribution in [3.05, 3.63) is 28.3 Å². The van der Waals surface area contributed by atoms with E-state index in [1.165, 1.54) is 6.07 Å². The Morgan fingerprint density at radius 1 is 1.53 bits per heavy atom. The van der Waals surface area contributed by atoms with Crippen LogP contribution in [-0.4, -0.2) is 41.4 Å². The summed E-state index contributed by atoms with van der Waals surface area (Å²) in [5.74, 6) is 0. The standard InChI is InChI=1S/C10H15N3O4/c1-11-9-3-2-7(4-10(9)13(16)17)12-5-8(15)6-14/h2-4,8,11-12,14-15H,5-6H2,1H3. The number of rotatable bonds is 6. The van der Waals surface area contributed by atoms with Gasteiger partial charge in [0, 0.05) is 25.3 Å². The van der Waals surface area contributed by atoms with Crippen LogP contribution in [0.4, 0.5) is 17.1 Å². The van der Waals surface area contributed by atoms with Gasteiger partial charge in [0.25, 0.3) is 5.69 Å². The number of nitrogens with one attached hydrogen (secondary N) is 2. The number of hydrogen-bond donors (Lipinski definition) is 4. The molecule has 0 amide bonds. The Kier molecular flexibility index (Phi) is 4.68. The van der Waals surface area contributed by atoms with Crippen LogP contribution >= 0.6 is 0 Å². The molecule has 0 aromatic heterocycles. The van der Waals surface area contributed by atoms with Crippen molar-refractivity contribution < 1.29 is 15.1 Å². The van der Waals surface area contributed by atoms with E-state index in [1.807, 2.05) is 0 Å². The van der Waals surface area contributed by atoms with Gasteiger partial charge in [0.1, 0.15) is 5.69 Å². The summed E-state index contributed by atoms with van der Waals surface area (Å²) < 4.78 is 0. The lowest BCUT2D eigenvalue weighted by Gasteiger charge is -2.11. The van der Waals surface area contributed by atoms with Crippen LogP contribution in [-0.2, 0) is 0 Å². The van der Waals surface area contributed by atoms with Crippen LogP contribution in [0.15, 0.2) is 18.2 Å². The molecule has 1 rings (SSSR count). The number of aliphatic hydroxyl groups excluding tert-OH is 2. The highest BCUT2D eigenvalue weighted by molar-refractivity contribution is 5.67. The number of anilines is 2. The summed E-state index contributed by atoms with van der Waals surface area (Å²) in [5, 5.41) is 34.1. The molecule has 1 aromatic rings. The number of nitro groups is 1. The number of benzene rings is 1. The molecule has 0 aliphatic heterocycles. The molecule has 0 fully saturated rings. The number of hydrogen-bond acceptors (Lipinski definition) is 6. The van der Waals surface area contributed by atoms with E-state index in [4.69, 9.17) is 10.2 Å². The zero-order chi connectivity index (χ0) is 12.8. The quantitative estimate of drug-likeness (QED) is 0.424. The van der Waals surface area contributed by atoms with E-state index in [9.17, 15) is 10.1 Å². The Balaban J connectivity index is 2.81. The molecule has 0 saturated carbocycles. The number of aliphatic hydroxyl groups is 2. The number of nitrogens with zero attached hydrogens (tertiary/aromatic N) is 1. The third kappa shape index (κ3) is 3.58. The molecule has 0 radical (unpaired) electrons. The van der Waals surface area contributed by atoms with Crippen molar-refractivity contribution in [3.8, 4) is 0 Å². The normalized spacial score (nSPS) is 11.9. The fourth-order valence-electron chi connectivity index (χ4n) is 1.30. The van der Waals surface area contributed by atoms with Crippen LogP contribution in [0, 0.1) is 10.1 Å². The lowest BCUT2D eigenvalue weighted by molar-refractivity contribution is -0.383. The van der Waals surface area contributed by atoms with E-state index in [0.29, 0.717) is 11.4 Å². The van der Waals surface area contributed by atoms with Gasteiger partial charge in [0.05, 0.1) is 17.6 Å². The van der Waals surface area contributed by atoms with E-state index < -0.39 is 11.0 Å². The van der Waals surface area contributed by atoms with Crippen LogP contribution in [0.25, 0.3) is 0 Å². The first kappa shape index (κ1) is 13.2. The summed E-state index contributed by atoms with van der Waals surface area (Å²) in [6.45, 7) is -0.226. The van der Waals surface area contributed by atoms with E-state index in [-0.39, 0.29) is 18.8 Å². The van der Waals surface area contributed by atoms with Gasteiger partial charge in [-0.3, -0.25) is 10.1 Å². The highest BCUT2D eigenvalue weighted by Gasteiger charge is 2.13. The first-order chi connectivity index (χ1) is 8.08. The van der Waals surface area contributed by atoms with Gasteiger partial charge in [-0.25, -0.2) is 0 Å². The number of nitro benzene ring substituents is 1. The Hall–Kier alpha value is -1.86. The van der Waals surface area contributed by atoms with Crippen molar-refractivity contribution in [2.45, 2.75) is 6.10 Å². The van der Waals surface area contributed by atoms with E-state index in [1.54, 1.807) is 19.2 Å². The lowest BCUT2D eigenvalue weighted by atomic mass is 10.2. The smallest absolute Gasteiger partial charge is 0.294 e. The molecule has 0 saturated heterocycles. The van der Waals surface area contributed by atoms with Crippen LogP contribution in [0.5, 0.6) is 0 Å². The van der Waals surface area contributed by atoms with Crippen LogP contribution in [0.2, 0.25) is 0 Å². The minimum Gasteiger partial charge on any atom is -0.394 e. The molecule has 17 heavy (non-hydrogen) atoms. The molecule has 7 nitrogen and oxygen atoms in total. The van der Waals surface area contributed by atoms with Crippen molar-refractivity contribution in [3.63, 3.8) is 0 Å². The predicted octanol–water partition coefficient (Wildman–Crippen LogP) is 0.402. The van der Waals surface area contributed by atoms with Gasteiger partial charge in [-0.15, -0.1) is 0 Å². The zero-order valence-electron chi connectivity index (χ0n) is 9.38. The summed E-state index contributed by atoms with van der Waals surface area (Å²) in [4.78, 5) is 10.3. The van der Waals surface area contributed by atoms with Crippen molar-refractivity contribution in [1.82, 2.24) is 0 Å². The summed E-state index contributed by atoms with van der Waals surface area (Å²) in [5.41, 5.74) is 0.891. The molecule has 0 heterocycles. The SMILES string of the molecule is CNc1ccc(NCC(O)CO)cc1[N+](=O)[O-]. The summed E-state index contributed by atoms with van der Waals surface area (Å²) in [6, 6.07) is 4.60. The van der Waals surface area contributed by atoms with Gasteiger partial charge >= 0.3 is 0 Å². The van der Waals surface area contributed by atoms with Crippen molar-refractivity contribution in [2.75, 3.05) is 30.8 Å². The fourth-order valence-corrected chi connectivity index (χ4v) is 1.30. The maximum absolute atomic E-state index is 10.8. The lowest BCUT2D eigenvalue weighted by Crippen LogP contribution is -2.22. The predicted molar refractivity (Wildman–Crippen MR) is 64.2 cm³/mol. The monoisotopic (exact) mass is 241 g/mol. The minimum absolute atomic E-state index is 0.0454. The van der Waals surface area contributed by atoms with Gasteiger partial charge in [-0.2, -0.15) is 0 Å². The third-order valence-electron chi connectivity index (χ3n) is 2.22. The van der Waals surface area contributed by atoms with Gasteiger partial charge < -0.3 is 20.8 Å². The molecule has 4 N–H and O–H groups in total. The molecular weight excluding hydrogens is 226 g/mol. The Bertz CT molecular complexity index is 397. The van der Waals surface area contributed by atoms with Crippen molar-refractivity contribution >= 4 is 17.1 Å². The molecule has 7 heteroatoms. The van der Waals surface area contributed by atoms with E-state index in [0.717, 1.165) is 0 Å². The Labute approximate surface area is 98.2 Å². The van der Waals surface area contributed by atoms with Crippen LogP contribution in [0.1, 0.15) is 0 Å². The van der Waals surface area contributed by atoms with Crippen molar-refractivity contribution in [1.29, 1.82) is 0 Å². The first-order valence-electron chi connectivity index (χ1n) is 5.07. The van der Waals surface area contributed by atoms with E-state index in [2.05, 4.69) is 10.6 Å². The summed E-state index contributed by atoms with van der Waals surface area (Å²) in [7, 11) is 1.60. The third-order valence-corrected chi connectivity index (χ3v) is 2.22. The second-order valence-corrected chi connectivity index (χ2v) is 3.46. The van der Waals surface area contributed by atoms with Crippen LogP contribution < -0.4 is 10.6 Å². The molecule has 0 spiro atoms. The van der Waals surface area contributed by atoms with Gasteiger partial charge in [-0.1, -0.05) is 0 Å². The Morgan fingerprint density at radius 2 is 2.24 bits per heavy atom. The summed E-state index contributed by atoms with van der Waals surface area (Å²) in [6.07, 6.45) is -0.891. The molecular formula is C10H15N3O4. The molecule has 94 valence electrons. The molecule has 0 aliphatic rings. The molecule has 1 atom stereocenters.